The molecular formula is C17H30N2O. The lowest BCUT2D eigenvalue weighted by atomic mass is 10.1. The highest BCUT2D eigenvalue weighted by molar-refractivity contribution is 5.27. The van der Waals surface area contributed by atoms with Crippen molar-refractivity contribution in [1.82, 2.24) is 10.2 Å². The molecule has 0 aliphatic rings. The largest absolute Gasteiger partial charge is 0.492 e. The fourth-order valence-corrected chi connectivity index (χ4v) is 2.11. The summed E-state index contributed by atoms with van der Waals surface area (Å²) >= 11 is 0. The average Bonchev–Trinajstić information content (AvgIpc) is 2.50. The summed E-state index contributed by atoms with van der Waals surface area (Å²) in [5.74, 6) is 0.975. The van der Waals surface area contributed by atoms with Gasteiger partial charge in [-0.1, -0.05) is 26.0 Å². The van der Waals surface area contributed by atoms with Crippen LogP contribution in [-0.4, -0.2) is 44.2 Å². The van der Waals surface area contributed by atoms with Gasteiger partial charge in [0.25, 0.3) is 0 Å². The van der Waals surface area contributed by atoms with Gasteiger partial charge in [0, 0.05) is 12.6 Å². The zero-order valence-electron chi connectivity index (χ0n) is 13.5. The Hall–Kier alpha value is -1.06. The number of likely N-dealkylation sites (N-methyl/N-ethyl adjacent to an activating group) is 1. The van der Waals surface area contributed by atoms with Gasteiger partial charge < -0.3 is 15.0 Å². The Bertz CT molecular complexity index is 347. The van der Waals surface area contributed by atoms with Crippen molar-refractivity contribution in [1.29, 1.82) is 0 Å². The summed E-state index contributed by atoms with van der Waals surface area (Å²) in [7, 11) is 2.01. The maximum Gasteiger partial charge on any atom is 0.119 e. The summed E-state index contributed by atoms with van der Waals surface area (Å²) in [6.07, 6.45) is 2.28. The molecule has 3 heteroatoms. The van der Waals surface area contributed by atoms with E-state index in [2.05, 4.69) is 55.3 Å². The third-order valence-electron chi connectivity index (χ3n) is 3.85. The summed E-state index contributed by atoms with van der Waals surface area (Å²) in [6, 6.07) is 9.09. The molecular weight excluding hydrogens is 248 g/mol. The summed E-state index contributed by atoms with van der Waals surface area (Å²) in [5.41, 5.74) is 1.38. The highest BCUT2D eigenvalue weighted by atomic mass is 16.5. The van der Waals surface area contributed by atoms with E-state index in [1.165, 1.54) is 12.0 Å². The molecule has 1 rings (SSSR count). The maximum absolute atomic E-state index is 5.79. The van der Waals surface area contributed by atoms with E-state index >= 15 is 0 Å². The topological polar surface area (TPSA) is 24.5 Å². The number of hydrogen-bond donors (Lipinski definition) is 1. The smallest absolute Gasteiger partial charge is 0.119 e. The highest BCUT2D eigenvalue weighted by Crippen LogP contribution is 2.14. The molecule has 0 bridgehead atoms. The Kier molecular flexibility index (Phi) is 8.31. The fourth-order valence-electron chi connectivity index (χ4n) is 2.11. The Morgan fingerprint density at radius 2 is 1.80 bits per heavy atom. The van der Waals surface area contributed by atoms with Crippen molar-refractivity contribution in [2.75, 3.05) is 33.3 Å². The van der Waals surface area contributed by atoms with Crippen molar-refractivity contribution >= 4 is 0 Å². The van der Waals surface area contributed by atoms with Crippen LogP contribution in [0.15, 0.2) is 24.3 Å². The molecule has 1 atom stereocenters. The van der Waals surface area contributed by atoms with Crippen molar-refractivity contribution in [2.45, 2.75) is 39.7 Å². The minimum atomic E-state index is 0.569. The van der Waals surface area contributed by atoms with Gasteiger partial charge in [-0.15, -0.1) is 0 Å². The van der Waals surface area contributed by atoms with Crippen LogP contribution in [0.2, 0.25) is 0 Å². The van der Waals surface area contributed by atoms with Crippen LogP contribution in [0.3, 0.4) is 0 Å². The highest BCUT2D eigenvalue weighted by Gasteiger charge is 2.02. The third-order valence-corrected chi connectivity index (χ3v) is 3.85. The van der Waals surface area contributed by atoms with Gasteiger partial charge in [0.05, 0.1) is 0 Å². The molecule has 0 spiro atoms. The second-order valence-corrected chi connectivity index (χ2v) is 5.25. The molecule has 0 heterocycles. The van der Waals surface area contributed by atoms with Crippen LogP contribution in [0, 0.1) is 0 Å². The van der Waals surface area contributed by atoms with E-state index in [1.54, 1.807) is 0 Å². The summed E-state index contributed by atoms with van der Waals surface area (Å²) < 4.78 is 5.79. The molecule has 20 heavy (non-hydrogen) atoms. The fraction of sp³-hybridized carbons (Fsp3) is 0.647. The van der Waals surface area contributed by atoms with E-state index in [4.69, 9.17) is 4.74 Å². The molecule has 114 valence electrons. The minimum absolute atomic E-state index is 0.569. The molecule has 1 aromatic carbocycles. The molecule has 0 radical (unpaired) electrons. The van der Waals surface area contributed by atoms with E-state index < -0.39 is 0 Å². The van der Waals surface area contributed by atoms with Crippen LogP contribution in [-0.2, 0) is 6.42 Å². The lowest BCUT2D eigenvalue weighted by Crippen LogP contribution is -2.27. The molecule has 3 nitrogen and oxygen atoms in total. The Morgan fingerprint density at radius 1 is 1.15 bits per heavy atom. The van der Waals surface area contributed by atoms with Crippen LogP contribution in [0.5, 0.6) is 5.75 Å². The van der Waals surface area contributed by atoms with Crippen LogP contribution in [0.25, 0.3) is 0 Å². The van der Waals surface area contributed by atoms with E-state index in [0.717, 1.165) is 38.4 Å². The monoisotopic (exact) mass is 278 g/mol. The normalized spacial score (nSPS) is 12.7. The number of nitrogens with zero attached hydrogens (tertiary/aromatic N) is 1. The SMILES string of the molecule is CCN(CC)CCOc1ccc(CCC(C)NC)cc1. The lowest BCUT2D eigenvalue weighted by molar-refractivity contribution is 0.223. The maximum atomic E-state index is 5.79. The number of aryl methyl sites for hydroxylation is 1. The standard InChI is InChI=1S/C17H30N2O/c1-5-19(6-2)13-14-20-17-11-9-16(10-12-17)8-7-15(3)18-4/h9-12,15,18H,5-8,13-14H2,1-4H3. The van der Waals surface area contributed by atoms with E-state index in [1.807, 2.05) is 7.05 Å². The van der Waals surface area contributed by atoms with Gasteiger partial charge in [0.2, 0.25) is 0 Å². The van der Waals surface area contributed by atoms with Crippen molar-refractivity contribution in [3.63, 3.8) is 0 Å². The summed E-state index contributed by atoms with van der Waals surface area (Å²) in [6.45, 7) is 10.5. The van der Waals surface area contributed by atoms with Gasteiger partial charge in [-0.2, -0.15) is 0 Å². The van der Waals surface area contributed by atoms with Crippen LogP contribution >= 0.6 is 0 Å². The Balaban J connectivity index is 2.31. The van der Waals surface area contributed by atoms with E-state index in [9.17, 15) is 0 Å². The predicted molar refractivity (Wildman–Crippen MR) is 86.6 cm³/mol. The van der Waals surface area contributed by atoms with Gasteiger partial charge in [0.1, 0.15) is 12.4 Å². The first-order valence-electron chi connectivity index (χ1n) is 7.80. The first-order chi connectivity index (χ1) is 9.69. The van der Waals surface area contributed by atoms with Gasteiger partial charge in [-0.05, 0) is 57.6 Å². The second-order valence-electron chi connectivity index (χ2n) is 5.25. The zero-order chi connectivity index (χ0) is 14.8. The first-order valence-corrected chi connectivity index (χ1v) is 7.80. The molecule has 0 saturated carbocycles. The van der Waals surface area contributed by atoms with Crippen molar-refractivity contribution in [2.24, 2.45) is 0 Å². The zero-order valence-corrected chi connectivity index (χ0v) is 13.5. The number of nitrogens with one attached hydrogen (secondary N) is 1. The molecule has 0 aromatic heterocycles. The van der Waals surface area contributed by atoms with Crippen LogP contribution < -0.4 is 10.1 Å². The lowest BCUT2D eigenvalue weighted by Gasteiger charge is -2.18. The third kappa shape index (κ3) is 6.40. The molecule has 1 N–H and O–H groups in total. The second kappa shape index (κ2) is 9.78. The quantitative estimate of drug-likeness (QED) is 0.712. The summed E-state index contributed by atoms with van der Waals surface area (Å²) in [4.78, 5) is 2.37. The van der Waals surface area contributed by atoms with Crippen molar-refractivity contribution in [3.05, 3.63) is 29.8 Å². The Morgan fingerprint density at radius 3 is 2.35 bits per heavy atom. The molecule has 0 saturated heterocycles. The number of ether oxygens (including phenoxy) is 1. The van der Waals surface area contributed by atoms with Crippen molar-refractivity contribution in [3.8, 4) is 5.75 Å². The predicted octanol–water partition coefficient (Wildman–Crippen LogP) is 2.95. The minimum Gasteiger partial charge on any atom is -0.492 e. The molecule has 0 aliphatic heterocycles. The van der Waals surface area contributed by atoms with E-state index in [-0.39, 0.29) is 0 Å². The summed E-state index contributed by atoms with van der Waals surface area (Å²) in [5, 5.41) is 3.27. The number of benzene rings is 1. The van der Waals surface area contributed by atoms with Gasteiger partial charge in [-0.25, -0.2) is 0 Å². The van der Waals surface area contributed by atoms with Gasteiger partial charge in [-0.3, -0.25) is 0 Å². The average molecular weight is 278 g/mol. The number of hydrogen-bond acceptors (Lipinski definition) is 3. The first kappa shape index (κ1) is 17.0. The van der Waals surface area contributed by atoms with Crippen molar-refractivity contribution < 1.29 is 4.74 Å². The van der Waals surface area contributed by atoms with Crippen LogP contribution in [0.1, 0.15) is 32.8 Å². The van der Waals surface area contributed by atoms with E-state index in [0.29, 0.717) is 6.04 Å². The van der Waals surface area contributed by atoms with Crippen LogP contribution in [0.4, 0.5) is 0 Å². The van der Waals surface area contributed by atoms with Gasteiger partial charge in [0.15, 0.2) is 0 Å². The molecule has 0 aliphatic carbocycles. The molecule has 0 fully saturated rings. The molecule has 1 aromatic rings. The molecule has 0 amide bonds. The van der Waals surface area contributed by atoms with Gasteiger partial charge >= 0.3 is 0 Å². The molecule has 1 unspecified atom stereocenters. The number of rotatable bonds is 10. The Labute approximate surface area is 124 Å².